The van der Waals surface area contributed by atoms with Crippen LogP contribution in [0.4, 0.5) is 0 Å². The first-order chi connectivity index (χ1) is 9.06. The van der Waals surface area contributed by atoms with Crippen LogP contribution < -0.4 is 5.73 Å². The highest BCUT2D eigenvalue weighted by molar-refractivity contribution is 5.94. The Bertz CT molecular complexity index is 487. The molecule has 5 heteroatoms. The minimum Gasteiger partial charge on any atom is -0.481 e. The molecule has 1 saturated heterocycles. The second-order valence-electron chi connectivity index (χ2n) is 5.01. The quantitative estimate of drug-likeness (QED) is 0.831. The van der Waals surface area contributed by atoms with Crippen molar-refractivity contribution in [3.63, 3.8) is 0 Å². The third-order valence-electron chi connectivity index (χ3n) is 3.51. The van der Waals surface area contributed by atoms with E-state index in [2.05, 4.69) is 4.90 Å². The van der Waals surface area contributed by atoms with Gasteiger partial charge in [-0.3, -0.25) is 14.5 Å². The lowest BCUT2D eigenvalue weighted by atomic mass is 10.1. The number of rotatable bonds is 5. The topological polar surface area (TPSA) is 83.6 Å². The number of nitrogens with zero attached hydrogens (tertiary/aromatic N) is 1. The standard InChI is InChI=1S/C14H18N2O3/c15-14(19)12-4-2-1-3-11(12)9-16-6-5-10(8-16)7-13(17)18/h1-4,10H,5-9H2,(H2,15,19)(H,17,18). The van der Waals surface area contributed by atoms with E-state index in [-0.39, 0.29) is 12.3 Å². The smallest absolute Gasteiger partial charge is 0.303 e. The Balaban J connectivity index is 1.99. The van der Waals surface area contributed by atoms with E-state index in [0.29, 0.717) is 12.1 Å². The molecule has 1 aromatic carbocycles. The Labute approximate surface area is 112 Å². The van der Waals surface area contributed by atoms with Crippen LogP contribution in [0.15, 0.2) is 24.3 Å². The molecule has 1 aromatic rings. The number of aliphatic carboxylic acids is 1. The number of primary amides is 1. The molecule has 1 aliphatic heterocycles. The zero-order valence-corrected chi connectivity index (χ0v) is 10.7. The summed E-state index contributed by atoms with van der Waals surface area (Å²) >= 11 is 0. The summed E-state index contributed by atoms with van der Waals surface area (Å²) in [6, 6.07) is 7.29. The number of carboxylic acids is 1. The minimum atomic E-state index is -0.746. The number of carboxylic acid groups (broad SMARTS) is 1. The Morgan fingerprint density at radius 1 is 1.37 bits per heavy atom. The van der Waals surface area contributed by atoms with Crippen LogP contribution in [0.25, 0.3) is 0 Å². The number of carbonyl (C=O) groups excluding carboxylic acids is 1. The van der Waals surface area contributed by atoms with Crippen LogP contribution in [-0.2, 0) is 11.3 Å². The average Bonchev–Trinajstić information content (AvgIpc) is 2.76. The lowest BCUT2D eigenvalue weighted by Crippen LogP contribution is -2.23. The molecule has 1 aliphatic rings. The van der Waals surface area contributed by atoms with Gasteiger partial charge in [-0.25, -0.2) is 0 Å². The normalized spacial score (nSPS) is 19.5. The molecule has 0 aliphatic carbocycles. The molecule has 0 spiro atoms. The molecule has 3 N–H and O–H groups in total. The number of hydrogen-bond donors (Lipinski definition) is 2. The summed E-state index contributed by atoms with van der Waals surface area (Å²) in [6.45, 7) is 2.28. The van der Waals surface area contributed by atoms with Crippen molar-refractivity contribution < 1.29 is 14.7 Å². The monoisotopic (exact) mass is 262 g/mol. The van der Waals surface area contributed by atoms with Crippen molar-refractivity contribution in [2.45, 2.75) is 19.4 Å². The minimum absolute atomic E-state index is 0.207. The molecular formula is C14H18N2O3. The maximum Gasteiger partial charge on any atom is 0.303 e. The van der Waals surface area contributed by atoms with Crippen molar-refractivity contribution in [1.82, 2.24) is 4.90 Å². The van der Waals surface area contributed by atoms with E-state index in [0.717, 1.165) is 25.1 Å². The Morgan fingerprint density at radius 3 is 2.79 bits per heavy atom. The summed E-state index contributed by atoms with van der Waals surface area (Å²) < 4.78 is 0. The highest BCUT2D eigenvalue weighted by Crippen LogP contribution is 2.22. The fraction of sp³-hybridized carbons (Fsp3) is 0.429. The molecule has 5 nitrogen and oxygen atoms in total. The molecule has 1 amide bonds. The zero-order valence-electron chi connectivity index (χ0n) is 10.7. The van der Waals surface area contributed by atoms with Gasteiger partial charge in [0.1, 0.15) is 0 Å². The third-order valence-corrected chi connectivity index (χ3v) is 3.51. The molecule has 19 heavy (non-hydrogen) atoms. The summed E-state index contributed by atoms with van der Waals surface area (Å²) in [5.41, 5.74) is 6.80. The summed E-state index contributed by atoms with van der Waals surface area (Å²) in [5.74, 6) is -0.959. The first kappa shape index (κ1) is 13.5. The van der Waals surface area contributed by atoms with Crippen LogP contribution in [0, 0.1) is 5.92 Å². The molecule has 1 unspecified atom stereocenters. The van der Waals surface area contributed by atoms with E-state index < -0.39 is 11.9 Å². The number of likely N-dealkylation sites (tertiary alicyclic amines) is 1. The Kier molecular flexibility index (Phi) is 4.16. The molecule has 0 bridgehead atoms. The highest BCUT2D eigenvalue weighted by Gasteiger charge is 2.25. The van der Waals surface area contributed by atoms with Gasteiger partial charge < -0.3 is 10.8 Å². The molecule has 1 heterocycles. The lowest BCUT2D eigenvalue weighted by Gasteiger charge is -2.17. The molecule has 1 fully saturated rings. The second kappa shape index (κ2) is 5.84. The number of amides is 1. The van der Waals surface area contributed by atoms with Gasteiger partial charge in [0.15, 0.2) is 0 Å². The summed E-state index contributed by atoms with van der Waals surface area (Å²) in [5, 5.41) is 8.79. The fourth-order valence-electron chi connectivity index (χ4n) is 2.61. The third kappa shape index (κ3) is 3.54. The fourth-order valence-corrected chi connectivity index (χ4v) is 2.61. The first-order valence-electron chi connectivity index (χ1n) is 6.38. The number of benzene rings is 1. The second-order valence-corrected chi connectivity index (χ2v) is 5.01. The highest BCUT2D eigenvalue weighted by atomic mass is 16.4. The largest absolute Gasteiger partial charge is 0.481 e. The molecule has 0 radical (unpaired) electrons. The maximum absolute atomic E-state index is 11.3. The zero-order chi connectivity index (χ0) is 13.8. The number of carbonyl (C=O) groups is 2. The van der Waals surface area contributed by atoms with Gasteiger partial charge in [0, 0.05) is 25.1 Å². The van der Waals surface area contributed by atoms with Crippen molar-refractivity contribution >= 4 is 11.9 Å². The van der Waals surface area contributed by atoms with Crippen molar-refractivity contribution in [1.29, 1.82) is 0 Å². The van der Waals surface area contributed by atoms with Crippen molar-refractivity contribution in [3.8, 4) is 0 Å². The van der Waals surface area contributed by atoms with Crippen molar-refractivity contribution in [3.05, 3.63) is 35.4 Å². The molecule has 1 atom stereocenters. The SMILES string of the molecule is NC(=O)c1ccccc1CN1CCC(CC(=O)O)C1. The van der Waals surface area contributed by atoms with Crippen molar-refractivity contribution in [2.24, 2.45) is 11.7 Å². The van der Waals surface area contributed by atoms with Gasteiger partial charge in [-0.1, -0.05) is 18.2 Å². The van der Waals surface area contributed by atoms with Crippen LogP contribution in [0.5, 0.6) is 0 Å². The predicted octanol–water partition coefficient (Wildman–Crippen LogP) is 1.08. The first-order valence-corrected chi connectivity index (χ1v) is 6.38. The molecule has 0 saturated carbocycles. The van der Waals surface area contributed by atoms with E-state index in [9.17, 15) is 9.59 Å². The van der Waals surface area contributed by atoms with Gasteiger partial charge in [-0.2, -0.15) is 0 Å². The van der Waals surface area contributed by atoms with Gasteiger partial charge in [-0.05, 0) is 30.5 Å². The summed E-state index contributed by atoms with van der Waals surface area (Å²) in [6.07, 6.45) is 1.11. The van der Waals surface area contributed by atoms with Gasteiger partial charge in [0.05, 0.1) is 0 Å². The summed E-state index contributed by atoms with van der Waals surface area (Å²) in [4.78, 5) is 24.2. The molecular weight excluding hydrogens is 244 g/mol. The van der Waals surface area contributed by atoms with Gasteiger partial charge in [-0.15, -0.1) is 0 Å². The number of nitrogens with two attached hydrogens (primary N) is 1. The van der Waals surface area contributed by atoms with Crippen LogP contribution in [0.1, 0.15) is 28.8 Å². The van der Waals surface area contributed by atoms with Crippen molar-refractivity contribution in [2.75, 3.05) is 13.1 Å². The van der Waals surface area contributed by atoms with E-state index in [4.69, 9.17) is 10.8 Å². The van der Waals surface area contributed by atoms with Gasteiger partial charge in [0.25, 0.3) is 0 Å². The summed E-state index contributed by atoms with van der Waals surface area (Å²) in [7, 11) is 0. The molecule has 0 aromatic heterocycles. The van der Waals surface area contributed by atoms with E-state index >= 15 is 0 Å². The van der Waals surface area contributed by atoms with E-state index in [1.54, 1.807) is 12.1 Å². The molecule has 102 valence electrons. The lowest BCUT2D eigenvalue weighted by molar-refractivity contribution is -0.138. The van der Waals surface area contributed by atoms with Crippen LogP contribution in [0.3, 0.4) is 0 Å². The van der Waals surface area contributed by atoms with E-state index in [1.807, 2.05) is 12.1 Å². The van der Waals surface area contributed by atoms with E-state index in [1.165, 1.54) is 0 Å². The molecule has 2 rings (SSSR count). The van der Waals surface area contributed by atoms with Gasteiger partial charge >= 0.3 is 5.97 Å². The Hall–Kier alpha value is -1.88. The van der Waals surface area contributed by atoms with Crippen LogP contribution in [0.2, 0.25) is 0 Å². The number of hydrogen-bond acceptors (Lipinski definition) is 3. The predicted molar refractivity (Wildman–Crippen MR) is 70.6 cm³/mol. The van der Waals surface area contributed by atoms with Crippen LogP contribution >= 0.6 is 0 Å². The average molecular weight is 262 g/mol. The Morgan fingerprint density at radius 2 is 2.11 bits per heavy atom. The van der Waals surface area contributed by atoms with Gasteiger partial charge in [0.2, 0.25) is 5.91 Å². The van der Waals surface area contributed by atoms with Crippen LogP contribution in [-0.4, -0.2) is 35.0 Å². The maximum atomic E-state index is 11.3.